The van der Waals surface area contributed by atoms with Crippen LogP contribution in [-0.4, -0.2) is 29.8 Å². The lowest BCUT2D eigenvalue weighted by atomic mass is 10.1. The Labute approximate surface area is 133 Å². The van der Waals surface area contributed by atoms with Gasteiger partial charge in [-0.3, -0.25) is 19.8 Å². The number of fused-ring (bicyclic) bond motifs is 1. The zero-order valence-corrected chi connectivity index (χ0v) is 12.8. The van der Waals surface area contributed by atoms with Crippen LogP contribution in [0.4, 0.5) is 17.1 Å². The predicted molar refractivity (Wildman–Crippen MR) is 88.3 cm³/mol. The van der Waals surface area contributed by atoms with Crippen LogP contribution in [-0.2, 0) is 4.79 Å². The van der Waals surface area contributed by atoms with Crippen LogP contribution >= 0.6 is 0 Å². The third-order valence-corrected chi connectivity index (χ3v) is 3.55. The molecule has 0 fully saturated rings. The van der Waals surface area contributed by atoms with Crippen molar-refractivity contribution < 1.29 is 9.72 Å². The number of anilines is 2. The third-order valence-electron chi connectivity index (χ3n) is 3.55. The van der Waals surface area contributed by atoms with Crippen LogP contribution in [0.2, 0.25) is 0 Å². The molecule has 1 aliphatic heterocycles. The number of hydrogen-bond acceptors (Lipinski definition) is 4. The Bertz CT molecular complexity index is 827. The van der Waals surface area contributed by atoms with Gasteiger partial charge in [-0.25, -0.2) is 0 Å². The maximum Gasteiger partial charge on any atom is 0.271 e. The average Bonchev–Trinajstić information content (AvgIpc) is 2.79. The maximum atomic E-state index is 12.8. The zero-order valence-electron chi connectivity index (χ0n) is 12.8. The Hall–Kier alpha value is -3.15. The number of nitro benzene ring substituents is 1. The van der Waals surface area contributed by atoms with Crippen molar-refractivity contribution in [1.29, 1.82) is 0 Å². The molecule has 3 rings (SSSR count). The first-order valence-corrected chi connectivity index (χ1v) is 7.05. The van der Waals surface area contributed by atoms with Gasteiger partial charge in [0.1, 0.15) is 0 Å². The summed E-state index contributed by atoms with van der Waals surface area (Å²) in [7, 11) is 3.69. The van der Waals surface area contributed by atoms with Crippen molar-refractivity contribution in [2.75, 3.05) is 19.0 Å². The Kier molecular flexibility index (Phi) is 3.57. The lowest BCUT2D eigenvalue weighted by molar-refractivity contribution is -0.384. The molecule has 6 nitrogen and oxygen atoms in total. The monoisotopic (exact) mass is 309 g/mol. The number of benzene rings is 2. The van der Waals surface area contributed by atoms with E-state index in [4.69, 9.17) is 0 Å². The highest BCUT2D eigenvalue weighted by Gasteiger charge is 2.33. The largest absolute Gasteiger partial charge is 0.383 e. The van der Waals surface area contributed by atoms with Gasteiger partial charge in [-0.15, -0.1) is 0 Å². The first-order valence-electron chi connectivity index (χ1n) is 7.05. The van der Waals surface area contributed by atoms with Gasteiger partial charge >= 0.3 is 0 Å². The number of non-ortho nitro benzene ring substituents is 1. The van der Waals surface area contributed by atoms with Gasteiger partial charge in [0.05, 0.1) is 21.9 Å². The number of rotatable bonds is 3. The van der Waals surface area contributed by atoms with Crippen molar-refractivity contribution in [2.45, 2.75) is 0 Å². The van der Waals surface area contributed by atoms with Crippen molar-refractivity contribution in [1.82, 2.24) is 4.90 Å². The van der Waals surface area contributed by atoms with E-state index in [-0.39, 0.29) is 11.6 Å². The summed E-state index contributed by atoms with van der Waals surface area (Å²) in [5, 5.41) is 11.0. The van der Waals surface area contributed by atoms with E-state index in [0.717, 1.165) is 11.3 Å². The molecule has 116 valence electrons. The SMILES string of the molecule is CN(C)/C=C1\C(=O)N(c2cccc([N+](=O)[O-])c2)c2ccccc21. The van der Waals surface area contributed by atoms with Gasteiger partial charge in [-0.2, -0.15) is 0 Å². The Morgan fingerprint density at radius 1 is 1.13 bits per heavy atom. The van der Waals surface area contributed by atoms with Gasteiger partial charge in [0.25, 0.3) is 11.6 Å². The smallest absolute Gasteiger partial charge is 0.271 e. The molecule has 1 heterocycles. The summed E-state index contributed by atoms with van der Waals surface area (Å²) >= 11 is 0. The summed E-state index contributed by atoms with van der Waals surface area (Å²) < 4.78 is 0. The molecule has 0 N–H and O–H groups in total. The van der Waals surface area contributed by atoms with E-state index in [9.17, 15) is 14.9 Å². The van der Waals surface area contributed by atoms with Gasteiger partial charge in [0.2, 0.25) is 0 Å². The first kappa shape index (κ1) is 14.8. The maximum absolute atomic E-state index is 12.8. The first-order chi connectivity index (χ1) is 11.0. The topological polar surface area (TPSA) is 66.7 Å². The molecular weight excluding hydrogens is 294 g/mol. The highest BCUT2D eigenvalue weighted by atomic mass is 16.6. The van der Waals surface area contributed by atoms with Crippen molar-refractivity contribution >= 4 is 28.5 Å². The summed E-state index contributed by atoms with van der Waals surface area (Å²) in [5.74, 6) is -0.194. The van der Waals surface area contributed by atoms with E-state index in [1.54, 1.807) is 23.2 Å². The molecular formula is C17H15N3O3. The van der Waals surface area contributed by atoms with Crippen LogP contribution in [0.3, 0.4) is 0 Å². The molecule has 2 aromatic rings. The fraction of sp³-hybridized carbons (Fsp3) is 0.118. The number of para-hydroxylation sites is 1. The summed E-state index contributed by atoms with van der Waals surface area (Å²) in [5.41, 5.74) is 2.55. The molecule has 23 heavy (non-hydrogen) atoms. The fourth-order valence-electron chi connectivity index (χ4n) is 2.63. The molecule has 0 saturated heterocycles. The number of nitrogens with zero attached hydrogens (tertiary/aromatic N) is 3. The minimum absolute atomic E-state index is 0.0437. The number of hydrogen-bond donors (Lipinski definition) is 0. The molecule has 0 atom stereocenters. The predicted octanol–water partition coefficient (Wildman–Crippen LogP) is 3.18. The number of amides is 1. The molecule has 0 radical (unpaired) electrons. The zero-order chi connectivity index (χ0) is 16.6. The lowest BCUT2D eigenvalue weighted by Gasteiger charge is -2.17. The lowest BCUT2D eigenvalue weighted by Crippen LogP contribution is -2.21. The quantitative estimate of drug-likeness (QED) is 0.496. The van der Waals surface area contributed by atoms with Crippen LogP contribution < -0.4 is 4.90 Å². The van der Waals surface area contributed by atoms with Crippen LogP contribution in [0.25, 0.3) is 5.57 Å². The van der Waals surface area contributed by atoms with E-state index >= 15 is 0 Å². The summed E-state index contributed by atoms with van der Waals surface area (Å²) in [6.45, 7) is 0. The number of carbonyl (C=O) groups excluding carboxylic acids is 1. The van der Waals surface area contributed by atoms with E-state index in [1.807, 2.05) is 38.4 Å². The number of carbonyl (C=O) groups is 1. The second-order valence-corrected chi connectivity index (χ2v) is 5.44. The van der Waals surface area contributed by atoms with Gasteiger partial charge < -0.3 is 4.90 Å². The van der Waals surface area contributed by atoms with E-state index in [2.05, 4.69) is 0 Å². The molecule has 1 aliphatic rings. The standard InChI is InChI=1S/C17H15N3O3/c1-18(2)11-15-14-8-3-4-9-16(14)19(17(15)21)12-6-5-7-13(10-12)20(22)23/h3-11H,1-2H3/b15-11-. The second kappa shape index (κ2) is 5.57. The molecule has 2 aromatic carbocycles. The molecule has 0 aromatic heterocycles. The number of nitro groups is 1. The van der Waals surface area contributed by atoms with Crippen LogP contribution in [0.5, 0.6) is 0 Å². The van der Waals surface area contributed by atoms with Crippen LogP contribution in [0.15, 0.2) is 54.7 Å². The molecule has 1 amide bonds. The second-order valence-electron chi connectivity index (χ2n) is 5.44. The van der Waals surface area contributed by atoms with Gasteiger partial charge in [0.15, 0.2) is 0 Å². The minimum atomic E-state index is -0.466. The molecule has 0 unspecified atom stereocenters. The fourth-order valence-corrected chi connectivity index (χ4v) is 2.63. The highest BCUT2D eigenvalue weighted by Crippen LogP contribution is 2.41. The summed E-state index contributed by atoms with van der Waals surface area (Å²) in [4.78, 5) is 26.7. The normalized spacial score (nSPS) is 15.0. The van der Waals surface area contributed by atoms with E-state index in [1.165, 1.54) is 17.0 Å². The van der Waals surface area contributed by atoms with Crippen LogP contribution in [0.1, 0.15) is 5.56 Å². The highest BCUT2D eigenvalue weighted by molar-refractivity contribution is 6.34. The minimum Gasteiger partial charge on any atom is -0.383 e. The molecule has 0 aliphatic carbocycles. The van der Waals surface area contributed by atoms with Gasteiger partial charge in [0, 0.05) is 38.0 Å². The molecule has 6 heteroatoms. The van der Waals surface area contributed by atoms with Gasteiger partial charge in [-0.1, -0.05) is 24.3 Å². The molecule has 0 saturated carbocycles. The van der Waals surface area contributed by atoms with Crippen molar-refractivity contribution in [2.24, 2.45) is 0 Å². The van der Waals surface area contributed by atoms with Crippen LogP contribution in [0, 0.1) is 10.1 Å². The van der Waals surface area contributed by atoms with Crippen molar-refractivity contribution in [3.05, 3.63) is 70.4 Å². The van der Waals surface area contributed by atoms with Gasteiger partial charge in [-0.05, 0) is 12.1 Å². The molecule has 0 spiro atoms. The summed E-state index contributed by atoms with van der Waals surface area (Å²) in [6, 6.07) is 13.5. The average molecular weight is 309 g/mol. The summed E-state index contributed by atoms with van der Waals surface area (Å²) in [6.07, 6.45) is 1.76. The Morgan fingerprint density at radius 2 is 1.87 bits per heavy atom. The third kappa shape index (κ3) is 2.55. The Morgan fingerprint density at radius 3 is 2.57 bits per heavy atom. The molecule has 0 bridgehead atoms. The van der Waals surface area contributed by atoms with Crippen molar-refractivity contribution in [3.8, 4) is 0 Å². The van der Waals surface area contributed by atoms with Crippen molar-refractivity contribution in [3.63, 3.8) is 0 Å². The van der Waals surface area contributed by atoms with E-state index in [0.29, 0.717) is 11.3 Å². The Balaban J connectivity index is 2.16. The van der Waals surface area contributed by atoms with E-state index < -0.39 is 4.92 Å².